The SMILES string of the molecule is CC(C)C[C@H](NC(=O)[C@H](CC(C)C)N(C)c1nc2ccccc2c(=O)o1)C(N)=O. The molecule has 1 aromatic carbocycles. The summed E-state index contributed by atoms with van der Waals surface area (Å²) in [6.45, 7) is 7.87. The third kappa shape index (κ3) is 5.79. The van der Waals surface area contributed by atoms with Gasteiger partial charge in [-0.3, -0.25) is 9.59 Å². The Bertz CT molecular complexity index is 922. The molecule has 8 heteroatoms. The van der Waals surface area contributed by atoms with E-state index in [1.165, 1.54) is 4.90 Å². The highest BCUT2D eigenvalue weighted by Gasteiger charge is 2.30. The molecule has 1 heterocycles. The maximum absolute atomic E-state index is 13.0. The molecule has 8 nitrogen and oxygen atoms in total. The van der Waals surface area contributed by atoms with Crippen molar-refractivity contribution in [2.45, 2.75) is 52.6 Å². The molecule has 0 aliphatic rings. The third-order valence-electron chi connectivity index (χ3n) is 4.66. The lowest BCUT2D eigenvalue weighted by Gasteiger charge is -2.29. The van der Waals surface area contributed by atoms with Gasteiger partial charge in [-0.25, -0.2) is 4.79 Å². The van der Waals surface area contributed by atoms with Gasteiger partial charge in [-0.1, -0.05) is 39.8 Å². The molecule has 2 amide bonds. The fourth-order valence-electron chi connectivity index (χ4n) is 3.16. The fourth-order valence-corrected chi connectivity index (χ4v) is 3.16. The van der Waals surface area contributed by atoms with Gasteiger partial charge in [0.15, 0.2) is 0 Å². The van der Waals surface area contributed by atoms with Gasteiger partial charge in [0.2, 0.25) is 11.8 Å². The van der Waals surface area contributed by atoms with Crippen molar-refractivity contribution in [3.8, 4) is 0 Å². The van der Waals surface area contributed by atoms with E-state index in [0.717, 1.165) is 0 Å². The summed E-state index contributed by atoms with van der Waals surface area (Å²) >= 11 is 0. The van der Waals surface area contributed by atoms with Crippen LogP contribution < -0.4 is 21.6 Å². The minimum Gasteiger partial charge on any atom is -0.389 e. The molecule has 158 valence electrons. The molecule has 1 aromatic heterocycles. The number of carbonyl (C=O) groups is 2. The summed E-state index contributed by atoms with van der Waals surface area (Å²) in [7, 11) is 1.65. The van der Waals surface area contributed by atoms with Gasteiger partial charge < -0.3 is 20.4 Å². The number of para-hydroxylation sites is 1. The van der Waals surface area contributed by atoms with Crippen molar-refractivity contribution in [3.05, 3.63) is 34.7 Å². The number of anilines is 1. The quantitative estimate of drug-likeness (QED) is 0.663. The first-order chi connectivity index (χ1) is 13.6. The number of carbonyl (C=O) groups excluding carboxylic acids is 2. The van der Waals surface area contributed by atoms with Crippen LogP contribution in [0.25, 0.3) is 10.9 Å². The lowest BCUT2D eigenvalue weighted by Crippen LogP contribution is -2.53. The number of fused-ring (bicyclic) bond motifs is 1. The molecular formula is C21H30N4O4. The van der Waals surface area contributed by atoms with Crippen LogP contribution in [-0.2, 0) is 9.59 Å². The van der Waals surface area contributed by atoms with Crippen molar-refractivity contribution < 1.29 is 14.0 Å². The summed E-state index contributed by atoms with van der Waals surface area (Å²) in [5, 5.41) is 3.13. The van der Waals surface area contributed by atoms with E-state index in [2.05, 4.69) is 10.3 Å². The second-order valence-corrected chi connectivity index (χ2v) is 8.15. The molecule has 2 rings (SSSR count). The summed E-state index contributed by atoms with van der Waals surface area (Å²) < 4.78 is 5.37. The summed E-state index contributed by atoms with van der Waals surface area (Å²) in [4.78, 5) is 43.0. The first kappa shape index (κ1) is 22.4. The standard InChI is InChI=1S/C21H30N4O4/c1-12(2)10-16(18(22)26)23-19(27)17(11-13(3)4)25(5)21-24-15-9-7-6-8-14(15)20(28)29-21/h6-9,12-13,16-17H,10-11H2,1-5H3,(H2,22,26)(H,23,27)/t16-,17-/m0/s1. The predicted molar refractivity (Wildman–Crippen MR) is 113 cm³/mol. The van der Waals surface area contributed by atoms with Crippen molar-refractivity contribution in [2.75, 3.05) is 11.9 Å². The number of benzene rings is 1. The van der Waals surface area contributed by atoms with Crippen LogP contribution in [0.1, 0.15) is 40.5 Å². The normalized spacial score (nSPS) is 13.5. The summed E-state index contributed by atoms with van der Waals surface area (Å²) in [6, 6.07) is 5.47. The molecule has 0 radical (unpaired) electrons. The van der Waals surface area contributed by atoms with Crippen LogP contribution in [-0.4, -0.2) is 35.9 Å². The molecule has 3 N–H and O–H groups in total. The molecule has 0 bridgehead atoms. The largest absolute Gasteiger partial charge is 0.389 e. The molecule has 0 unspecified atom stereocenters. The van der Waals surface area contributed by atoms with Crippen LogP contribution in [0.2, 0.25) is 0 Å². The van der Waals surface area contributed by atoms with Gasteiger partial charge in [0, 0.05) is 7.05 Å². The van der Waals surface area contributed by atoms with E-state index in [1.807, 2.05) is 27.7 Å². The Kier molecular flexibility index (Phi) is 7.36. The lowest BCUT2D eigenvalue weighted by atomic mass is 9.99. The minimum atomic E-state index is -0.762. The Morgan fingerprint density at radius 3 is 2.34 bits per heavy atom. The Morgan fingerprint density at radius 1 is 1.14 bits per heavy atom. The van der Waals surface area contributed by atoms with E-state index >= 15 is 0 Å². The van der Waals surface area contributed by atoms with Crippen molar-refractivity contribution in [1.29, 1.82) is 0 Å². The Balaban J connectivity index is 2.34. The number of aromatic nitrogens is 1. The highest BCUT2D eigenvalue weighted by molar-refractivity contribution is 5.90. The van der Waals surface area contributed by atoms with Crippen LogP contribution >= 0.6 is 0 Å². The fraction of sp³-hybridized carbons (Fsp3) is 0.524. The summed E-state index contributed by atoms with van der Waals surface area (Å²) in [6.07, 6.45) is 0.927. The second kappa shape index (κ2) is 9.54. The molecule has 2 aromatic rings. The Hall–Kier alpha value is -2.90. The van der Waals surface area contributed by atoms with E-state index in [4.69, 9.17) is 10.2 Å². The average molecular weight is 402 g/mol. The molecule has 0 spiro atoms. The minimum absolute atomic E-state index is 0.0500. The van der Waals surface area contributed by atoms with Gasteiger partial charge >= 0.3 is 11.6 Å². The summed E-state index contributed by atoms with van der Waals surface area (Å²) in [5.41, 5.74) is 5.44. The van der Waals surface area contributed by atoms with Gasteiger partial charge in [0.25, 0.3) is 0 Å². The van der Waals surface area contributed by atoms with Crippen LogP contribution in [0.4, 0.5) is 6.01 Å². The molecule has 0 fully saturated rings. The summed E-state index contributed by atoms with van der Waals surface area (Å²) in [5.74, 6) is -0.566. The second-order valence-electron chi connectivity index (χ2n) is 8.15. The Morgan fingerprint density at radius 2 is 1.76 bits per heavy atom. The van der Waals surface area contributed by atoms with Crippen LogP contribution in [0, 0.1) is 11.8 Å². The maximum atomic E-state index is 13.0. The van der Waals surface area contributed by atoms with Crippen LogP contribution in [0.3, 0.4) is 0 Å². The van der Waals surface area contributed by atoms with Gasteiger partial charge in [0.1, 0.15) is 12.1 Å². The van der Waals surface area contributed by atoms with E-state index < -0.39 is 23.6 Å². The zero-order chi connectivity index (χ0) is 21.7. The third-order valence-corrected chi connectivity index (χ3v) is 4.66. The number of nitrogens with two attached hydrogens (primary N) is 1. The van der Waals surface area contributed by atoms with Gasteiger partial charge in [-0.15, -0.1) is 0 Å². The van der Waals surface area contributed by atoms with Crippen molar-refractivity contribution in [3.63, 3.8) is 0 Å². The molecular weight excluding hydrogens is 372 g/mol. The van der Waals surface area contributed by atoms with Crippen LogP contribution in [0.15, 0.2) is 33.5 Å². The number of primary amides is 1. The van der Waals surface area contributed by atoms with Crippen molar-refractivity contribution in [1.82, 2.24) is 10.3 Å². The Labute approximate surface area is 170 Å². The van der Waals surface area contributed by atoms with E-state index in [0.29, 0.717) is 23.7 Å². The molecule has 0 aliphatic heterocycles. The van der Waals surface area contributed by atoms with Gasteiger partial charge in [-0.05, 0) is 36.8 Å². The zero-order valence-electron chi connectivity index (χ0n) is 17.6. The lowest BCUT2D eigenvalue weighted by molar-refractivity contribution is -0.128. The first-order valence-corrected chi connectivity index (χ1v) is 9.82. The molecule has 0 saturated heterocycles. The van der Waals surface area contributed by atoms with E-state index in [1.54, 1.807) is 31.3 Å². The average Bonchev–Trinajstić information content (AvgIpc) is 2.64. The molecule has 0 aliphatic carbocycles. The predicted octanol–water partition coefficient (Wildman–Crippen LogP) is 2.06. The van der Waals surface area contributed by atoms with Gasteiger partial charge in [0.05, 0.1) is 10.9 Å². The number of nitrogens with one attached hydrogen (secondary N) is 1. The molecule has 2 atom stereocenters. The van der Waals surface area contributed by atoms with E-state index in [-0.39, 0.29) is 23.8 Å². The van der Waals surface area contributed by atoms with E-state index in [9.17, 15) is 14.4 Å². The topological polar surface area (TPSA) is 119 Å². The van der Waals surface area contributed by atoms with Crippen LogP contribution in [0.5, 0.6) is 0 Å². The highest BCUT2D eigenvalue weighted by Crippen LogP contribution is 2.19. The number of hydrogen-bond acceptors (Lipinski definition) is 6. The number of hydrogen-bond donors (Lipinski definition) is 2. The van der Waals surface area contributed by atoms with Gasteiger partial charge in [-0.2, -0.15) is 4.98 Å². The number of amides is 2. The maximum Gasteiger partial charge on any atom is 0.348 e. The number of nitrogens with zero attached hydrogens (tertiary/aromatic N) is 2. The smallest absolute Gasteiger partial charge is 0.348 e. The molecule has 29 heavy (non-hydrogen) atoms. The monoisotopic (exact) mass is 402 g/mol. The number of likely N-dealkylation sites (N-methyl/N-ethyl adjacent to an activating group) is 1. The number of rotatable bonds is 9. The molecule has 0 saturated carbocycles. The van der Waals surface area contributed by atoms with Crippen molar-refractivity contribution >= 4 is 28.7 Å². The van der Waals surface area contributed by atoms with Crippen molar-refractivity contribution in [2.24, 2.45) is 17.6 Å². The zero-order valence-corrected chi connectivity index (χ0v) is 17.6. The highest BCUT2D eigenvalue weighted by atomic mass is 16.4. The first-order valence-electron chi connectivity index (χ1n) is 9.82.